The highest BCUT2D eigenvalue weighted by molar-refractivity contribution is 5.89. The summed E-state index contributed by atoms with van der Waals surface area (Å²) in [5.41, 5.74) is 4.16. The lowest BCUT2D eigenvalue weighted by Crippen LogP contribution is -2.05. The van der Waals surface area contributed by atoms with Gasteiger partial charge in [0, 0.05) is 37.1 Å². The first-order valence-electron chi connectivity index (χ1n) is 8.78. The van der Waals surface area contributed by atoms with Crippen LogP contribution in [0.15, 0.2) is 67.1 Å². The summed E-state index contributed by atoms with van der Waals surface area (Å²) >= 11 is 0. The first kappa shape index (κ1) is 17.7. The maximum absolute atomic E-state index is 13.1. The van der Waals surface area contributed by atoms with Crippen molar-refractivity contribution in [1.82, 2.24) is 14.4 Å². The molecule has 0 aliphatic carbocycles. The Bertz CT molecular complexity index is 1140. The monoisotopic (exact) mass is 375 g/mol. The topological polar surface area (TPSA) is 71.3 Å². The zero-order valence-electron chi connectivity index (χ0n) is 15.2. The van der Waals surface area contributed by atoms with Crippen molar-refractivity contribution in [1.29, 1.82) is 0 Å². The summed E-state index contributed by atoms with van der Waals surface area (Å²) in [4.78, 5) is 20.2. The molecule has 4 aromatic rings. The van der Waals surface area contributed by atoms with Crippen molar-refractivity contribution in [2.24, 2.45) is 0 Å². The molecule has 140 valence electrons. The second-order valence-electron chi connectivity index (χ2n) is 6.35. The van der Waals surface area contributed by atoms with Crippen molar-refractivity contribution >= 4 is 23.1 Å². The van der Waals surface area contributed by atoms with Crippen LogP contribution in [0.5, 0.6) is 0 Å². The van der Waals surface area contributed by atoms with E-state index in [-0.39, 0.29) is 11.7 Å². The van der Waals surface area contributed by atoms with Gasteiger partial charge in [-0.1, -0.05) is 24.3 Å². The molecular weight excluding hydrogens is 357 g/mol. The number of fused-ring (bicyclic) bond motifs is 1. The molecule has 0 saturated carbocycles. The van der Waals surface area contributed by atoms with Crippen LogP contribution in [0, 0.1) is 5.82 Å². The Hall–Kier alpha value is -3.74. The third kappa shape index (κ3) is 3.68. The van der Waals surface area contributed by atoms with Gasteiger partial charge in [0.1, 0.15) is 5.82 Å². The van der Waals surface area contributed by atoms with E-state index in [9.17, 15) is 9.18 Å². The lowest BCUT2D eigenvalue weighted by atomic mass is 10.1. The number of anilines is 2. The summed E-state index contributed by atoms with van der Waals surface area (Å²) in [5, 5.41) is 6.04. The molecule has 6 nitrogen and oxygen atoms in total. The molecule has 0 bridgehead atoms. The van der Waals surface area contributed by atoms with Crippen LogP contribution in [0.1, 0.15) is 12.5 Å². The Balaban J connectivity index is 1.63. The number of nitrogens with zero attached hydrogens (tertiary/aromatic N) is 3. The van der Waals surface area contributed by atoms with E-state index in [2.05, 4.69) is 20.6 Å². The van der Waals surface area contributed by atoms with Gasteiger partial charge in [-0.3, -0.25) is 9.20 Å². The molecule has 1 amide bonds. The van der Waals surface area contributed by atoms with E-state index in [4.69, 9.17) is 0 Å². The summed E-state index contributed by atoms with van der Waals surface area (Å²) in [6.45, 7) is 1.98. The molecule has 0 radical (unpaired) electrons. The summed E-state index contributed by atoms with van der Waals surface area (Å²) < 4.78 is 15.0. The first-order chi connectivity index (χ1) is 13.6. The van der Waals surface area contributed by atoms with E-state index < -0.39 is 0 Å². The number of carbonyl (C=O) groups excluding carboxylic acids is 1. The van der Waals surface area contributed by atoms with Crippen LogP contribution in [0.25, 0.3) is 16.9 Å². The maximum atomic E-state index is 13.1. The largest absolute Gasteiger partial charge is 0.363 e. The van der Waals surface area contributed by atoms with Crippen LogP contribution in [-0.2, 0) is 11.3 Å². The van der Waals surface area contributed by atoms with Gasteiger partial charge in [0.25, 0.3) is 0 Å². The predicted molar refractivity (Wildman–Crippen MR) is 106 cm³/mol. The van der Waals surface area contributed by atoms with Gasteiger partial charge in [-0.05, 0) is 29.8 Å². The minimum absolute atomic E-state index is 0.119. The van der Waals surface area contributed by atoms with Gasteiger partial charge in [-0.25, -0.2) is 14.4 Å². The molecule has 0 aliphatic heterocycles. The van der Waals surface area contributed by atoms with Gasteiger partial charge >= 0.3 is 0 Å². The van der Waals surface area contributed by atoms with E-state index in [1.54, 1.807) is 24.5 Å². The SMILES string of the molecule is CC(=O)Nc1cccc(-c2cnc3c(NCc4ccc(F)cc4)nccn23)c1. The smallest absolute Gasteiger partial charge is 0.221 e. The third-order valence-electron chi connectivity index (χ3n) is 4.28. The molecule has 2 aromatic heterocycles. The van der Waals surface area contributed by atoms with Crippen LogP contribution in [0.4, 0.5) is 15.9 Å². The molecule has 28 heavy (non-hydrogen) atoms. The highest BCUT2D eigenvalue weighted by Crippen LogP contribution is 2.25. The second-order valence-corrected chi connectivity index (χ2v) is 6.35. The van der Waals surface area contributed by atoms with Crippen LogP contribution in [0.2, 0.25) is 0 Å². The molecule has 2 N–H and O–H groups in total. The van der Waals surface area contributed by atoms with Crippen LogP contribution in [-0.4, -0.2) is 20.3 Å². The van der Waals surface area contributed by atoms with Gasteiger partial charge in [0.2, 0.25) is 5.91 Å². The number of carbonyl (C=O) groups is 1. The molecule has 0 unspecified atom stereocenters. The van der Waals surface area contributed by atoms with E-state index >= 15 is 0 Å². The Morgan fingerprint density at radius 3 is 2.75 bits per heavy atom. The Morgan fingerprint density at radius 1 is 1.14 bits per heavy atom. The molecule has 0 aliphatic rings. The highest BCUT2D eigenvalue weighted by atomic mass is 19.1. The van der Waals surface area contributed by atoms with E-state index in [0.29, 0.717) is 18.0 Å². The van der Waals surface area contributed by atoms with Crippen molar-refractivity contribution in [3.05, 3.63) is 78.5 Å². The summed E-state index contributed by atoms with van der Waals surface area (Å²) in [5.74, 6) is 0.256. The Kier molecular flexibility index (Phi) is 4.72. The standard InChI is InChI=1S/C21H18FN5O/c1-14(28)26-18-4-2-3-16(11-18)19-13-25-21-20(23-9-10-27(19)21)24-12-15-5-7-17(22)8-6-15/h2-11,13H,12H2,1H3,(H,23,24)(H,26,28). The number of benzene rings is 2. The van der Waals surface area contributed by atoms with Gasteiger partial charge in [-0.2, -0.15) is 0 Å². The average Bonchev–Trinajstić information content (AvgIpc) is 3.12. The number of nitrogens with one attached hydrogen (secondary N) is 2. The second kappa shape index (κ2) is 7.48. The summed E-state index contributed by atoms with van der Waals surface area (Å²) in [7, 11) is 0. The van der Waals surface area contributed by atoms with Crippen LogP contribution in [0.3, 0.4) is 0 Å². The number of hydrogen-bond acceptors (Lipinski definition) is 4. The molecule has 7 heteroatoms. The minimum Gasteiger partial charge on any atom is -0.363 e. The van der Waals surface area contributed by atoms with Crippen LogP contribution >= 0.6 is 0 Å². The van der Waals surface area contributed by atoms with Crippen molar-refractivity contribution in [2.45, 2.75) is 13.5 Å². The third-order valence-corrected chi connectivity index (χ3v) is 4.28. The molecule has 0 saturated heterocycles. The zero-order valence-corrected chi connectivity index (χ0v) is 15.2. The highest BCUT2D eigenvalue weighted by Gasteiger charge is 2.11. The fourth-order valence-electron chi connectivity index (χ4n) is 3.01. The number of halogens is 1. The molecule has 0 fully saturated rings. The van der Waals surface area contributed by atoms with Crippen molar-refractivity contribution in [3.8, 4) is 11.3 Å². The van der Waals surface area contributed by atoms with Gasteiger partial charge in [-0.15, -0.1) is 0 Å². The number of aromatic nitrogens is 3. The van der Waals surface area contributed by atoms with Crippen molar-refractivity contribution in [3.63, 3.8) is 0 Å². The zero-order chi connectivity index (χ0) is 19.5. The molecule has 0 spiro atoms. The lowest BCUT2D eigenvalue weighted by molar-refractivity contribution is -0.114. The quantitative estimate of drug-likeness (QED) is 0.551. The fraction of sp³-hybridized carbons (Fsp3) is 0.0952. The molecular formula is C21H18FN5O. The summed E-state index contributed by atoms with van der Waals surface area (Å²) in [6, 6.07) is 13.9. The number of rotatable bonds is 5. The predicted octanol–water partition coefficient (Wildman–Crippen LogP) is 4.11. The van der Waals surface area contributed by atoms with Crippen molar-refractivity contribution in [2.75, 3.05) is 10.6 Å². The summed E-state index contributed by atoms with van der Waals surface area (Å²) in [6.07, 6.45) is 5.31. The number of hydrogen-bond donors (Lipinski definition) is 2. The van der Waals surface area contributed by atoms with E-state index in [1.807, 2.05) is 34.9 Å². The molecule has 2 heterocycles. The molecule has 0 atom stereocenters. The van der Waals surface area contributed by atoms with Gasteiger partial charge < -0.3 is 10.6 Å². The van der Waals surface area contributed by atoms with Crippen LogP contribution < -0.4 is 10.6 Å². The van der Waals surface area contributed by atoms with E-state index in [0.717, 1.165) is 22.5 Å². The Labute approximate surface area is 161 Å². The minimum atomic E-state index is -0.261. The van der Waals surface area contributed by atoms with Gasteiger partial charge in [0.05, 0.1) is 11.9 Å². The average molecular weight is 375 g/mol. The Morgan fingerprint density at radius 2 is 1.96 bits per heavy atom. The lowest BCUT2D eigenvalue weighted by Gasteiger charge is -2.09. The maximum Gasteiger partial charge on any atom is 0.221 e. The molecule has 4 rings (SSSR count). The van der Waals surface area contributed by atoms with E-state index in [1.165, 1.54) is 19.1 Å². The first-order valence-corrected chi connectivity index (χ1v) is 8.78. The van der Waals surface area contributed by atoms with Crippen molar-refractivity contribution < 1.29 is 9.18 Å². The number of amides is 1. The number of imidazole rings is 1. The fourth-order valence-corrected chi connectivity index (χ4v) is 3.01. The van der Waals surface area contributed by atoms with Gasteiger partial charge in [0.15, 0.2) is 11.5 Å². The molecule has 2 aromatic carbocycles. The normalized spacial score (nSPS) is 10.8.